The number of nitrogens with zero attached hydrogens (tertiary/aromatic N) is 3. The fourth-order valence-corrected chi connectivity index (χ4v) is 6.69. The highest BCUT2D eigenvalue weighted by Gasteiger charge is 2.39. The van der Waals surface area contributed by atoms with Gasteiger partial charge >= 0.3 is 0 Å². The summed E-state index contributed by atoms with van der Waals surface area (Å²) in [5.74, 6) is 1.31. The molecule has 2 fully saturated rings. The number of furan rings is 1. The van der Waals surface area contributed by atoms with E-state index in [1.807, 2.05) is 83.1 Å². The molecule has 4 aromatic rings. The summed E-state index contributed by atoms with van der Waals surface area (Å²) in [5, 5.41) is 4.01. The summed E-state index contributed by atoms with van der Waals surface area (Å²) < 4.78 is 6.05. The Labute approximate surface area is 228 Å². The van der Waals surface area contributed by atoms with Crippen molar-refractivity contribution >= 4 is 57.0 Å². The van der Waals surface area contributed by atoms with E-state index in [-0.39, 0.29) is 11.9 Å². The number of amides is 1. The monoisotopic (exact) mass is 545 g/mol. The van der Waals surface area contributed by atoms with Gasteiger partial charge in [0.2, 0.25) is 5.13 Å². The predicted octanol–water partition coefficient (Wildman–Crippen LogP) is 8.66. The zero-order valence-electron chi connectivity index (χ0n) is 20.0. The maximum atomic E-state index is 13.6. The molecule has 0 N–H and O–H groups in total. The van der Waals surface area contributed by atoms with Crippen molar-refractivity contribution in [1.29, 1.82) is 0 Å². The largest absolute Gasteiger partial charge is 0.457 e. The fraction of sp³-hybridized carbons (Fsp3) is 0.207. The zero-order valence-corrected chi connectivity index (χ0v) is 22.4. The van der Waals surface area contributed by atoms with Gasteiger partial charge in [0.25, 0.3) is 5.91 Å². The highest BCUT2D eigenvalue weighted by Crippen LogP contribution is 2.40. The molecule has 6 rings (SSSR count). The van der Waals surface area contributed by atoms with Crippen LogP contribution < -0.4 is 0 Å². The van der Waals surface area contributed by atoms with Crippen LogP contribution in [-0.4, -0.2) is 27.0 Å². The number of carbonyl (C=O) groups excluding carboxylic acids is 1. The molecule has 0 atom stereocenters. The first kappa shape index (κ1) is 24.2. The Hall–Kier alpha value is -3.13. The SMILES string of the molecule is O=C1/C(=C\c2ccc(-c3cccc(Cl)c3)o2)S/C(=N/c2nc(-c3ccccc3)cs2)N1C1CCCCC1. The summed E-state index contributed by atoms with van der Waals surface area (Å²) in [6.45, 7) is 0. The summed E-state index contributed by atoms with van der Waals surface area (Å²) in [7, 11) is 0. The first-order valence-corrected chi connectivity index (χ1v) is 14.4. The van der Waals surface area contributed by atoms with E-state index in [4.69, 9.17) is 26.0 Å². The van der Waals surface area contributed by atoms with Gasteiger partial charge in [-0.25, -0.2) is 4.98 Å². The van der Waals surface area contributed by atoms with Crippen LogP contribution in [0.2, 0.25) is 5.02 Å². The van der Waals surface area contributed by atoms with Gasteiger partial charge in [-0.05, 0) is 48.9 Å². The van der Waals surface area contributed by atoms with Crippen LogP contribution in [0.1, 0.15) is 37.9 Å². The van der Waals surface area contributed by atoms with Gasteiger partial charge in [0.05, 0.1) is 10.6 Å². The first-order chi connectivity index (χ1) is 18.1. The Morgan fingerprint density at radius 1 is 1.00 bits per heavy atom. The summed E-state index contributed by atoms with van der Waals surface area (Å²) in [6.07, 6.45) is 7.27. The van der Waals surface area contributed by atoms with Gasteiger partial charge in [0.15, 0.2) is 5.17 Å². The second kappa shape index (κ2) is 10.7. The molecule has 1 saturated carbocycles. The third-order valence-electron chi connectivity index (χ3n) is 6.54. The number of aliphatic imine (C=N–C) groups is 1. The molecule has 2 aromatic heterocycles. The number of benzene rings is 2. The smallest absolute Gasteiger partial charge is 0.267 e. The number of hydrogen-bond acceptors (Lipinski definition) is 6. The van der Waals surface area contributed by atoms with Crippen molar-refractivity contribution in [3.63, 3.8) is 0 Å². The Balaban J connectivity index is 1.31. The van der Waals surface area contributed by atoms with Crippen molar-refractivity contribution in [2.75, 3.05) is 0 Å². The molecular weight excluding hydrogens is 522 g/mol. The van der Waals surface area contributed by atoms with E-state index in [1.54, 1.807) is 0 Å². The number of thioether (sulfide) groups is 1. The average Bonchev–Trinajstić information content (AvgIpc) is 3.66. The quantitative estimate of drug-likeness (QED) is 0.235. The lowest BCUT2D eigenvalue weighted by Gasteiger charge is -2.30. The molecule has 1 amide bonds. The van der Waals surface area contributed by atoms with Crippen molar-refractivity contribution in [2.24, 2.45) is 4.99 Å². The molecule has 3 heterocycles. The summed E-state index contributed by atoms with van der Waals surface area (Å²) in [4.78, 5) is 25.7. The average molecular weight is 546 g/mol. The Kier molecular flexibility index (Phi) is 7.00. The number of amidine groups is 1. The van der Waals surface area contributed by atoms with E-state index in [2.05, 4.69) is 0 Å². The zero-order chi connectivity index (χ0) is 25.2. The highest BCUT2D eigenvalue weighted by atomic mass is 35.5. The second-order valence-corrected chi connectivity index (χ2v) is 11.3. The molecular formula is C29H24ClN3O2S2. The third-order valence-corrected chi connectivity index (χ3v) is 8.49. The van der Waals surface area contributed by atoms with Crippen molar-refractivity contribution in [2.45, 2.75) is 38.1 Å². The van der Waals surface area contributed by atoms with Gasteiger partial charge < -0.3 is 4.42 Å². The normalized spacial score (nSPS) is 18.8. The van der Waals surface area contributed by atoms with E-state index in [0.717, 1.165) is 42.5 Å². The van der Waals surface area contributed by atoms with Gasteiger partial charge in [-0.1, -0.05) is 73.3 Å². The molecule has 5 nitrogen and oxygen atoms in total. The lowest BCUT2D eigenvalue weighted by molar-refractivity contribution is -0.124. The van der Waals surface area contributed by atoms with Gasteiger partial charge in [0.1, 0.15) is 11.5 Å². The maximum absolute atomic E-state index is 13.6. The van der Waals surface area contributed by atoms with Crippen LogP contribution in [0.5, 0.6) is 0 Å². The third kappa shape index (κ3) is 5.30. The van der Waals surface area contributed by atoms with Crippen molar-refractivity contribution in [1.82, 2.24) is 9.88 Å². The standard InChI is InChI=1S/C29H24ClN3O2S2/c30-21-11-7-10-20(16-21)25-15-14-23(35-25)17-26-27(34)33(22-12-5-2-6-13-22)29(37-26)32-28-31-24(18-36-28)19-8-3-1-4-9-19/h1,3-4,7-11,14-18,22H,2,5-6,12-13H2/b26-17+,32-29+. The molecule has 0 unspecified atom stereocenters. The summed E-state index contributed by atoms with van der Waals surface area (Å²) in [6, 6.07) is 21.5. The van der Waals surface area contributed by atoms with E-state index in [1.165, 1.54) is 29.5 Å². The molecule has 0 bridgehead atoms. The Bertz CT molecular complexity index is 1490. The fourth-order valence-electron chi connectivity index (χ4n) is 4.72. The Morgan fingerprint density at radius 2 is 1.81 bits per heavy atom. The molecule has 2 aromatic carbocycles. The predicted molar refractivity (Wildman–Crippen MR) is 153 cm³/mol. The maximum Gasteiger partial charge on any atom is 0.267 e. The molecule has 186 valence electrons. The number of rotatable bonds is 5. The van der Waals surface area contributed by atoms with Crippen LogP contribution >= 0.6 is 34.7 Å². The summed E-state index contributed by atoms with van der Waals surface area (Å²) >= 11 is 9.03. The number of aromatic nitrogens is 1. The minimum absolute atomic E-state index is 0.0174. The van der Waals surface area contributed by atoms with E-state index in [9.17, 15) is 4.79 Å². The first-order valence-electron chi connectivity index (χ1n) is 12.3. The van der Waals surface area contributed by atoms with Crippen LogP contribution in [0.4, 0.5) is 5.13 Å². The van der Waals surface area contributed by atoms with Crippen LogP contribution in [0, 0.1) is 0 Å². The number of halogens is 1. The molecule has 37 heavy (non-hydrogen) atoms. The van der Waals surface area contributed by atoms with Crippen LogP contribution in [0.3, 0.4) is 0 Å². The number of hydrogen-bond donors (Lipinski definition) is 0. The summed E-state index contributed by atoms with van der Waals surface area (Å²) in [5.41, 5.74) is 2.84. The van der Waals surface area contributed by atoms with E-state index in [0.29, 0.717) is 31.7 Å². The highest BCUT2D eigenvalue weighted by molar-refractivity contribution is 8.18. The number of thiazole rings is 1. The second-order valence-electron chi connectivity index (χ2n) is 9.07. The molecule has 8 heteroatoms. The van der Waals surface area contributed by atoms with Crippen molar-refractivity contribution < 1.29 is 9.21 Å². The van der Waals surface area contributed by atoms with Gasteiger partial charge in [-0.15, -0.1) is 11.3 Å². The lowest BCUT2D eigenvalue weighted by Crippen LogP contribution is -2.40. The van der Waals surface area contributed by atoms with Gasteiger partial charge in [-0.2, -0.15) is 4.99 Å². The van der Waals surface area contributed by atoms with Crippen molar-refractivity contribution in [3.05, 3.63) is 87.8 Å². The molecule has 0 spiro atoms. The Morgan fingerprint density at radius 3 is 2.62 bits per heavy atom. The van der Waals surface area contributed by atoms with E-state index < -0.39 is 0 Å². The molecule has 2 aliphatic rings. The minimum atomic E-state index is -0.0174. The van der Waals surface area contributed by atoms with Crippen LogP contribution in [0.25, 0.3) is 28.7 Å². The van der Waals surface area contributed by atoms with E-state index >= 15 is 0 Å². The lowest BCUT2D eigenvalue weighted by atomic mass is 9.94. The van der Waals surface area contributed by atoms with Gasteiger partial charge in [-0.3, -0.25) is 9.69 Å². The molecule has 1 aliphatic carbocycles. The minimum Gasteiger partial charge on any atom is -0.457 e. The van der Waals surface area contributed by atoms with Crippen LogP contribution in [0.15, 0.2) is 86.4 Å². The topological polar surface area (TPSA) is 58.7 Å². The molecule has 0 radical (unpaired) electrons. The van der Waals surface area contributed by atoms with Crippen molar-refractivity contribution in [3.8, 4) is 22.6 Å². The van der Waals surface area contributed by atoms with Gasteiger partial charge in [0, 0.05) is 33.6 Å². The number of carbonyl (C=O) groups is 1. The molecule has 1 aliphatic heterocycles. The molecule has 1 saturated heterocycles. The van der Waals surface area contributed by atoms with Crippen LogP contribution in [-0.2, 0) is 4.79 Å².